The summed E-state index contributed by atoms with van der Waals surface area (Å²) in [6.45, 7) is 1.54. The number of halogens is 3. The van der Waals surface area contributed by atoms with Crippen LogP contribution >= 0.6 is 22.6 Å². The van der Waals surface area contributed by atoms with Gasteiger partial charge >= 0.3 is 0 Å². The van der Waals surface area contributed by atoms with Crippen molar-refractivity contribution in [3.63, 3.8) is 0 Å². The van der Waals surface area contributed by atoms with Gasteiger partial charge < -0.3 is 5.73 Å². The van der Waals surface area contributed by atoms with Crippen LogP contribution in [0, 0.1) is 10.6 Å². The Balaban J connectivity index is 3.45. The van der Waals surface area contributed by atoms with Gasteiger partial charge in [0.1, 0.15) is 3.70 Å². The van der Waals surface area contributed by atoms with Crippen LogP contribution in [0.4, 0.5) is 8.78 Å². The Bertz CT molecular complexity index is 382. The molecular formula is C8H7F2IN2O. The van der Waals surface area contributed by atoms with Gasteiger partial charge in [0.15, 0.2) is 0 Å². The third kappa shape index (κ3) is 1.99. The van der Waals surface area contributed by atoms with Crippen LogP contribution in [-0.2, 0) is 0 Å². The van der Waals surface area contributed by atoms with E-state index in [1.165, 1.54) is 0 Å². The van der Waals surface area contributed by atoms with Crippen molar-refractivity contribution in [2.24, 2.45) is 5.73 Å². The zero-order valence-corrected chi connectivity index (χ0v) is 9.38. The zero-order valence-electron chi connectivity index (χ0n) is 7.22. The lowest BCUT2D eigenvalue weighted by Crippen LogP contribution is -2.17. The summed E-state index contributed by atoms with van der Waals surface area (Å²) in [5.74, 6) is -0.849. The molecule has 0 fully saturated rings. The first-order chi connectivity index (χ1) is 6.45. The third-order valence-corrected chi connectivity index (χ3v) is 2.86. The molecule has 0 aliphatic carbocycles. The number of hydrogen-bond donors (Lipinski definition) is 1. The van der Waals surface area contributed by atoms with Gasteiger partial charge in [-0.25, -0.2) is 13.8 Å². The molecule has 1 heterocycles. The zero-order chi connectivity index (χ0) is 10.9. The molecule has 0 radical (unpaired) electrons. The lowest BCUT2D eigenvalue weighted by molar-refractivity contribution is 0.0985. The molecule has 0 aliphatic heterocycles. The predicted octanol–water partition coefficient (Wildman–Crippen LogP) is 2.03. The van der Waals surface area contributed by atoms with Gasteiger partial charge in [0.25, 0.3) is 6.43 Å². The predicted molar refractivity (Wildman–Crippen MR) is 55.2 cm³/mol. The molecule has 1 aromatic rings. The van der Waals surface area contributed by atoms with Crippen molar-refractivity contribution in [2.75, 3.05) is 0 Å². The largest absolute Gasteiger partial charge is 0.366 e. The standard InChI is InChI=1S/C8H7F2IN2O/c1-3-5(8(12)14)4(6(9)10)2-13-7(3)11/h2,6H,1H3,(H2,12,14). The molecule has 76 valence electrons. The van der Waals surface area contributed by atoms with Crippen LogP contribution in [0.25, 0.3) is 0 Å². The van der Waals surface area contributed by atoms with Crippen LogP contribution < -0.4 is 5.73 Å². The van der Waals surface area contributed by atoms with E-state index < -0.39 is 17.9 Å². The molecule has 3 nitrogen and oxygen atoms in total. The van der Waals surface area contributed by atoms with Gasteiger partial charge in [0, 0.05) is 11.8 Å². The molecule has 0 saturated heterocycles. The van der Waals surface area contributed by atoms with Crippen molar-refractivity contribution in [2.45, 2.75) is 13.3 Å². The molecule has 1 aromatic heterocycles. The summed E-state index contributed by atoms with van der Waals surface area (Å²) in [7, 11) is 0. The van der Waals surface area contributed by atoms with Crippen LogP contribution in [-0.4, -0.2) is 10.9 Å². The number of nitrogens with zero attached hydrogens (tertiary/aromatic N) is 1. The van der Waals surface area contributed by atoms with Crippen molar-refractivity contribution in [3.8, 4) is 0 Å². The maximum Gasteiger partial charge on any atom is 0.266 e. The molecule has 0 aromatic carbocycles. The number of alkyl halides is 2. The number of pyridine rings is 1. The smallest absolute Gasteiger partial charge is 0.266 e. The molecular weight excluding hydrogens is 305 g/mol. The summed E-state index contributed by atoms with van der Waals surface area (Å²) < 4.78 is 25.4. The van der Waals surface area contributed by atoms with E-state index in [-0.39, 0.29) is 5.56 Å². The monoisotopic (exact) mass is 312 g/mol. The van der Waals surface area contributed by atoms with Crippen molar-refractivity contribution in [1.29, 1.82) is 0 Å². The molecule has 0 bridgehead atoms. The van der Waals surface area contributed by atoms with Crippen LogP contribution in [0.3, 0.4) is 0 Å². The van der Waals surface area contributed by atoms with Crippen LogP contribution in [0.5, 0.6) is 0 Å². The molecule has 0 unspecified atom stereocenters. The molecule has 14 heavy (non-hydrogen) atoms. The summed E-state index contributed by atoms with van der Waals surface area (Å²) in [6, 6.07) is 0. The summed E-state index contributed by atoms with van der Waals surface area (Å²) >= 11 is 1.86. The minimum absolute atomic E-state index is 0.126. The summed E-state index contributed by atoms with van der Waals surface area (Å²) in [4.78, 5) is 14.7. The van der Waals surface area contributed by atoms with Gasteiger partial charge in [-0.2, -0.15) is 0 Å². The third-order valence-electron chi connectivity index (χ3n) is 1.77. The van der Waals surface area contributed by atoms with Crippen LogP contribution in [0.1, 0.15) is 27.9 Å². The number of hydrogen-bond acceptors (Lipinski definition) is 2. The molecule has 1 amide bonds. The van der Waals surface area contributed by atoms with Crippen molar-refractivity contribution < 1.29 is 13.6 Å². The number of aromatic nitrogens is 1. The van der Waals surface area contributed by atoms with Crippen molar-refractivity contribution in [3.05, 3.63) is 26.6 Å². The van der Waals surface area contributed by atoms with E-state index in [0.29, 0.717) is 9.26 Å². The average Bonchev–Trinajstić information content (AvgIpc) is 2.08. The van der Waals surface area contributed by atoms with E-state index in [9.17, 15) is 13.6 Å². The van der Waals surface area contributed by atoms with E-state index in [4.69, 9.17) is 5.73 Å². The normalized spacial score (nSPS) is 10.6. The Morgan fingerprint density at radius 3 is 2.64 bits per heavy atom. The maximum absolute atomic E-state index is 12.4. The Morgan fingerprint density at radius 2 is 2.21 bits per heavy atom. The quantitative estimate of drug-likeness (QED) is 0.671. The van der Waals surface area contributed by atoms with Gasteiger partial charge in [-0.15, -0.1) is 0 Å². The lowest BCUT2D eigenvalue weighted by Gasteiger charge is -2.09. The minimum Gasteiger partial charge on any atom is -0.366 e. The minimum atomic E-state index is -2.74. The Hall–Kier alpha value is -0.790. The highest BCUT2D eigenvalue weighted by atomic mass is 127. The van der Waals surface area contributed by atoms with E-state index >= 15 is 0 Å². The highest BCUT2D eigenvalue weighted by Gasteiger charge is 2.20. The van der Waals surface area contributed by atoms with Gasteiger partial charge in [-0.3, -0.25) is 4.79 Å². The van der Waals surface area contributed by atoms with Gasteiger partial charge in [0.2, 0.25) is 5.91 Å². The molecule has 0 aliphatic rings. The van der Waals surface area contributed by atoms with Crippen molar-refractivity contribution in [1.82, 2.24) is 4.98 Å². The van der Waals surface area contributed by atoms with E-state index in [1.807, 2.05) is 22.6 Å². The summed E-state index contributed by atoms with van der Waals surface area (Å²) in [5, 5.41) is 0. The van der Waals surface area contributed by atoms with Crippen LogP contribution in [0.15, 0.2) is 6.20 Å². The fourth-order valence-electron chi connectivity index (χ4n) is 1.10. The van der Waals surface area contributed by atoms with E-state index in [1.54, 1.807) is 6.92 Å². The van der Waals surface area contributed by atoms with Crippen molar-refractivity contribution >= 4 is 28.5 Å². The first-order valence-corrected chi connectivity index (χ1v) is 4.76. The second-order valence-corrected chi connectivity index (χ2v) is 3.69. The average molecular weight is 312 g/mol. The molecule has 0 spiro atoms. The summed E-state index contributed by atoms with van der Waals surface area (Å²) in [5.41, 5.74) is 4.89. The highest BCUT2D eigenvalue weighted by molar-refractivity contribution is 14.1. The Labute approximate surface area is 92.8 Å². The molecule has 6 heteroatoms. The first kappa shape index (κ1) is 11.3. The number of rotatable bonds is 2. The Kier molecular flexibility index (Phi) is 3.35. The molecule has 0 atom stereocenters. The fourth-order valence-corrected chi connectivity index (χ4v) is 1.51. The second-order valence-electron chi connectivity index (χ2n) is 2.67. The molecule has 0 saturated carbocycles. The van der Waals surface area contributed by atoms with Gasteiger partial charge in [-0.1, -0.05) is 0 Å². The summed E-state index contributed by atoms with van der Waals surface area (Å²) in [6.07, 6.45) is -1.75. The number of carbonyl (C=O) groups is 1. The van der Waals surface area contributed by atoms with Crippen LogP contribution in [0.2, 0.25) is 0 Å². The first-order valence-electron chi connectivity index (χ1n) is 3.68. The molecule has 1 rings (SSSR count). The topological polar surface area (TPSA) is 56.0 Å². The van der Waals surface area contributed by atoms with Gasteiger partial charge in [0.05, 0.1) is 5.56 Å². The second kappa shape index (κ2) is 4.16. The maximum atomic E-state index is 12.4. The molecule has 2 N–H and O–H groups in total. The fraction of sp³-hybridized carbons (Fsp3) is 0.250. The number of primary amides is 1. The number of nitrogens with two attached hydrogens (primary N) is 1. The van der Waals surface area contributed by atoms with E-state index in [2.05, 4.69) is 4.98 Å². The lowest BCUT2D eigenvalue weighted by atomic mass is 10.1. The number of amides is 1. The van der Waals surface area contributed by atoms with Gasteiger partial charge in [-0.05, 0) is 35.1 Å². The number of carbonyl (C=O) groups excluding carboxylic acids is 1. The Morgan fingerprint density at radius 1 is 1.64 bits per heavy atom. The highest BCUT2D eigenvalue weighted by Crippen LogP contribution is 2.26. The SMILES string of the molecule is Cc1c(I)ncc(C(F)F)c1C(N)=O. The van der Waals surface area contributed by atoms with E-state index in [0.717, 1.165) is 6.20 Å².